The largest absolute Gasteiger partial charge is 0.352 e. The Morgan fingerprint density at radius 1 is 1.33 bits per heavy atom. The minimum absolute atomic E-state index is 0.0720. The van der Waals surface area contributed by atoms with Crippen LogP contribution >= 0.6 is 0 Å². The molecule has 1 aliphatic heterocycles. The Kier molecular flexibility index (Phi) is 5.88. The first-order chi connectivity index (χ1) is 12.9. The first-order valence-corrected chi connectivity index (χ1v) is 9.45. The lowest BCUT2D eigenvalue weighted by atomic mass is 10.1. The fraction of sp³-hybridized carbons (Fsp3) is 0.500. The number of fused-ring (bicyclic) bond motifs is 1. The maximum Gasteiger partial charge on any atom is 0.226 e. The Hall–Kier alpha value is -2.70. The van der Waals surface area contributed by atoms with Crippen LogP contribution in [0.3, 0.4) is 0 Å². The summed E-state index contributed by atoms with van der Waals surface area (Å²) >= 11 is 0. The summed E-state index contributed by atoms with van der Waals surface area (Å²) in [5.74, 6) is 1.29. The van der Waals surface area contributed by atoms with Crippen LogP contribution in [0.5, 0.6) is 0 Å². The first-order valence-electron chi connectivity index (χ1n) is 9.45. The molecule has 0 radical (unpaired) electrons. The molecule has 0 aromatic carbocycles. The van der Waals surface area contributed by atoms with E-state index in [0.717, 1.165) is 17.1 Å². The summed E-state index contributed by atoms with van der Waals surface area (Å²) in [6.07, 6.45) is 6.15. The molecule has 2 amide bonds. The third-order valence-electron chi connectivity index (χ3n) is 4.74. The Balaban J connectivity index is 1.60. The molecule has 2 aromatic heterocycles. The summed E-state index contributed by atoms with van der Waals surface area (Å²) in [5, 5.41) is 2.89. The van der Waals surface area contributed by atoms with Gasteiger partial charge in [0.05, 0.1) is 18.2 Å². The molecule has 2 aromatic rings. The summed E-state index contributed by atoms with van der Waals surface area (Å²) in [6.45, 7) is 7.96. The first kappa shape index (κ1) is 19.1. The molecule has 0 aliphatic carbocycles. The van der Waals surface area contributed by atoms with Crippen LogP contribution in [0, 0.1) is 5.92 Å². The number of amides is 2. The topological polar surface area (TPSA) is 80.1 Å². The van der Waals surface area contributed by atoms with Crippen molar-refractivity contribution in [2.24, 2.45) is 5.92 Å². The van der Waals surface area contributed by atoms with Gasteiger partial charge in [0.1, 0.15) is 5.82 Å². The fourth-order valence-electron chi connectivity index (χ4n) is 3.37. The number of imidazole rings is 1. The zero-order chi connectivity index (χ0) is 19.4. The summed E-state index contributed by atoms with van der Waals surface area (Å²) < 4.78 is 2.06. The normalized spacial score (nSPS) is 16.3. The van der Waals surface area contributed by atoms with Gasteiger partial charge in [-0.2, -0.15) is 0 Å². The van der Waals surface area contributed by atoms with Crippen molar-refractivity contribution in [2.45, 2.75) is 52.7 Å². The number of nitrogens with zero attached hydrogens (tertiary/aromatic N) is 4. The molecule has 144 valence electrons. The summed E-state index contributed by atoms with van der Waals surface area (Å²) in [7, 11) is 0. The summed E-state index contributed by atoms with van der Waals surface area (Å²) in [6, 6.07) is 3.70. The van der Waals surface area contributed by atoms with Crippen molar-refractivity contribution in [3.63, 3.8) is 0 Å². The number of pyridine rings is 1. The van der Waals surface area contributed by atoms with Gasteiger partial charge >= 0.3 is 0 Å². The van der Waals surface area contributed by atoms with Crippen molar-refractivity contribution < 1.29 is 9.59 Å². The van der Waals surface area contributed by atoms with E-state index >= 15 is 0 Å². The third-order valence-corrected chi connectivity index (χ3v) is 4.74. The maximum absolute atomic E-state index is 12.5. The van der Waals surface area contributed by atoms with E-state index in [9.17, 15) is 9.59 Å². The predicted molar refractivity (Wildman–Crippen MR) is 102 cm³/mol. The Morgan fingerprint density at radius 2 is 2.15 bits per heavy atom. The second kappa shape index (κ2) is 8.33. The molecule has 0 unspecified atom stereocenters. The van der Waals surface area contributed by atoms with E-state index in [2.05, 4.69) is 33.7 Å². The molecular formula is C20H27N5O2. The SMILES string of the molecule is CC(C)CC(=O)N1CCn2cc(CC(=O)NCc3cccnc3)nc2[C@@H]1C. The van der Waals surface area contributed by atoms with Crippen LogP contribution in [-0.4, -0.2) is 37.8 Å². The molecule has 3 rings (SSSR count). The van der Waals surface area contributed by atoms with Gasteiger partial charge in [0.2, 0.25) is 11.8 Å². The second-order valence-corrected chi connectivity index (χ2v) is 7.46. The summed E-state index contributed by atoms with van der Waals surface area (Å²) in [5.41, 5.74) is 1.70. The van der Waals surface area contributed by atoms with Gasteiger partial charge in [-0.05, 0) is 24.5 Å². The van der Waals surface area contributed by atoms with E-state index in [1.54, 1.807) is 12.4 Å². The monoisotopic (exact) mass is 369 g/mol. The van der Waals surface area contributed by atoms with Gasteiger partial charge in [0.15, 0.2) is 0 Å². The van der Waals surface area contributed by atoms with Gasteiger partial charge in [-0.15, -0.1) is 0 Å². The highest BCUT2D eigenvalue weighted by Gasteiger charge is 2.29. The number of rotatable bonds is 6. The van der Waals surface area contributed by atoms with E-state index in [1.165, 1.54) is 0 Å². The van der Waals surface area contributed by atoms with Gasteiger partial charge in [0.25, 0.3) is 0 Å². The molecule has 3 heterocycles. The molecule has 1 aliphatic rings. The van der Waals surface area contributed by atoms with Crippen LogP contribution in [0.1, 0.15) is 50.3 Å². The molecular weight excluding hydrogens is 342 g/mol. The lowest BCUT2D eigenvalue weighted by Crippen LogP contribution is -2.41. The van der Waals surface area contributed by atoms with Crippen molar-refractivity contribution >= 4 is 11.8 Å². The van der Waals surface area contributed by atoms with Crippen molar-refractivity contribution in [2.75, 3.05) is 6.54 Å². The molecule has 0 fully saturated rings. The van der Waals surface area contributed by atoms with E-state index in [4.69, 9.17) is 0 Å². The average Bonchev–Trinajstić information content (AvgIpc) is 3.04. The number of aromatic nitrogens is 3. The van der Waals surface area contributed by atoms with Crippen molar-refractivity contribution in [3.05, 3.63) is 47.8 Å². The van der Waals surface area contributed by atoms with Crippen LogP contribution in [0.4, 0.5) is 0 Å². The van der Waals surface area contributed by atoms with Crippen LogP contribution in [0.15, 0.2) is 30.7 Å². The minimum atomic E-state index is -0.0744. The molecule has 1 atom stereocenters. The van der Waals surface area contributed by atoms with E-state index in [1.807, 2.05) is 30.2 Å². The third kappa shape index (κ3) is 4.72. The van der Waals surface area contributed by atoms with Gasteiger partial charge < -0.3 is 14.8 Å². The van der Waals surface area contributed by atoms with E-state index in [-0.39, 0.29) is 24.3 Å². The molecule has 0 bridgehead atoms. The number of hydrogen-bond donors (Lipinski definition) is 1. The van der Waals surface area contributed by atoms with Gasteiger partial charge in [-0.1, -0.05) is 19.9 Å². The van der Waals surface area contributed by atoms with Crippen LogP contribution in [0.2, 0.25) is 0 Å². The lowest BCUT2D eigenvalue weighted by Gasteiger charge is -2.34. The quantitative estimate of drug-likeness (QED) is 0.845. The maximum atomic E-state index is 12.5. The number of carbonyl (C=O) groups is 2. The van der Waals surface area contributed by atoms with E-state index in [0.29, 0.717) is 32.0 Å². The average molecular weight is 369 g/mol. The van der Waals surface area contributed by atoms with Crippen LogP contribution in [-0.2, 0) is 29.1 Å². The molecule has 7 heteroatoms. The number of nitrogens with one attached hydrogen (secondary N) is 1. The van der Waals surface area contributed by atoms with E-state index < -0.39 is 0 Å². The zero-order valence-corrected chi connectivity index (χ0v) is 16.2. The molecule has 0 spiro atoms. The second-order valence-electron chi connectivity index (χ2n) is 7.46. The van der Waals surface area contributed by atoms with Gasteiger partial charge in [-0.25, -0.2) is 4.98 Å². The Morgan fingerprint density at radius 3 is 2.85 bits per heavy atom. The number of carbonyl (C=O) groups excluding carboxylic acids is 2. The molecule has 1 N–H and O–H groups in total. The molecule has 0 saturated heterocycles. The smallest absolute Gasteiger partial charge is 0.226 e. The Labute approximate surface area is 159 Å². The lowest BCUT2D eigenvalue weighted by molar-refractivity contribution is -0.135. The highest BCUT2D eigenvalue weighted by molar-refractivity contribution is 5.78. The van der Waals surface area contributed by atoms with Gasteiger partial charge in [-0.3, -0.25) is 14.6 Å². The predicted octanol–water partition coefficient (Wildman–Crippen LogP) is 2.09. The molecule has 27 heavy (non-hydrogen) atoms. The van der Waals surface area contributed by atoms with Crippen LogP contribution in [0.25, 0.3) is 0 Å². The molecule has 0 saturated carbocycles. The summed E-state index contributed by atoms with van der Waals surface area (Å²) in [4.78, 5) is 35.3. The Bertz CT molecular complexity index is 800. The van der Waals surface area contributed by atoms with Crippen molar-refractivity contribution in [3.8, 4) is 0 Å². The number of hydrogen-bond acceptors (Lipinski definition) is 4. The highest BCUT2D eigenvalue weighted by Crippen LogP contribution is 2.26. The zero-order valence-electron chi connectivity index (χ0n) is 16.2. The van der Waals surface area contributed by atoms with Gasteiger partial charge in [0, 0.05) is 44.6 Å². The highest BCUT2D eigenvalue weighted by atomic mass is 16.2. The standard InChI is InChI=1S/C20H27N5O2/c1-14(2)9-19(27)25-8-7-24-13-17(23-20(24)15(25)3)10-18(26)22-12-16-5-4-6-21-11-16/h4-6,11,13-15H,7-10,12H2,1-3H3,(H,22,26)/t15-/m0/s1. The van der Waals surface area contributed by atoms with Crippen LogP contribution < -0.4 is 5.32 Å². The molecule has 7 nitrogen and oxygen atoms in total. The van der Waals surface area contributed by atoms with Crippen molar-refractivity contribution in [1.82, 2.24) is 24.8 Å². The van der Waals surface area contributed by atoms with Crippen molar-refractivity contribution in [1.29, 1.82) is 0 Å². The minimum Gasteiger partial charge on any atom is -0.352 e. The fourth-order valence-corrected chi connectivity index (χ4v) is 3.37.